The summed E-state index contributed by atoms with van der Waals surface area (Å²) in [6.45, 7) is 3.84. The zero-order valence-corrected chi connectivity index (χ0v) is 20.9. The lowest BCUT2D eigenvalue weighted by Gasteiger charge is -2.32. The van der Waals surface area contributed by atoms with Crippen LogP contribution in [0.2, 0.25) is 0 Å². The van der Waals surface area contributed by atoms with Gasteiger partial charge in [0.25, 0.3) is 0 Å². The van der Waals surface area contributed by atoms with E-state index in [4.69, 9.17) is 19.4 Å². The number of nitrogens with one attached hydrogen (secondary N) is 1. The average Bonchev–Trinajstić information content (AvgIpc) is 3.33. The van der Waals surface area contributed by atoms with Gasteiger partial charge in [-0.2, -0.15) is 13.2 Å². The molecule has 0 radical (unpaired) electrons. The lowest BCUT2D eigenvalue weighted by Crippen LogP contribution is -2.43. The maximum Gasteiger partial charge on any atom is 0.490 e. The number of hydrogen-bond acceptors (Lipinski definition) is 9. The standard InChI is InChI=1S/C23H25N7O2.C2HF3O2/c1-31-19-9-7-17(8-10-19)13-29-11-12-32-20(14-29)15-30-23-21(27-28-30)22(24-16-25-23)26-18-5-3-2-4-6-18;3-2(4,5)1(6)7/h2-10,16,20H,11-15H2,1H3,(H,24,25,26);(H,6,7). The first-order valence-corrected chi connectivity index (χ1v) is 11.9. The summed E-state index contributed by atoms with van der Waals surface area (Å²) in [7, 11) is 1.68. The van der Waals surface area contributed by atoms with Gasteiger partial charge in [-0.05, 0) is 29.8 Å². The summed E-state index contributed by atoms with van der Waals surface area (Å²) in [4.78, 5) is 20.1. The molecule has 3 heterocycles. The number of halogens is 3. The second-order valence-electron chi connectivity index (χ2n) is 8.54. The van der Waals surface area contributed by atoms with Crippen LogP contribution in [0.5, 0.6) is 5.75 Å². The normalized spacial score (nSPS) is 15.8. The van der Waals surface area contributed by atoms with E-state index in [1.54, 1.807) is 11.8 Å². The highest BCUT2D eigenvalue weighted by Crippen LogP contribution is 2.22. The van der Waals surface area contributed by atoms with E-state index in [0.29, 0.717) is 30.1 Å². The Hall–Kier alpha value is -4.30. The molecule has 2 aromatic heterocycles. The molecule has 1 saturated heterocycles. The molecule has 0 saturated carbocycles. The zero-order chi connectivity index (χ0) is 27.8. The molecule has 2 aromatic carbocycles. The van der Waals surface area contributed by atoms with Crippen LogP contribution in [0.4, 0.5) is 24.7 Å². The van der Waals surface area contributed by atoms with E-state index in [2.05, 4.69) is 42.6 Å². The van der Waals surface area contributed by atoms with E-state index in [-0.39, 0.29) is 6.10 Å². The Balaban J connectivity index is 0.000000448. The second-order valence-corrected chi connectivity index (χ2v) is 8.54. The first kappa shape index (κ1) is 27.7. The molecule has 14 heteroatoms. The summed E-state index contributed by atoms with van der Waals surface area (Å²) in [5.41, 5.74) is 3.52. The molecule has 1 unspecified atom stereocenters. The predicted octanol–water partition coefficient (Wildman–Crippen LogP) is 3.51. The largest absolute Gasteiger partial charge is 0.497 e. The lowest BCUT2D eigenvalue weighted by atomic mass is 10.2. The minimum Gasteiger partial charge on any atom is -0.497 e. The van der Waals surface area contributed by atoms with Gasteiger partial charge in [-0.15, -0.1) is 5.10 Å². The number of aliphatic carboxylic acids is 1. The van der Waals surface area contributed by atoms with Gasteiger partial charge in [0.2, 0.25) is 0 Å². The third kappa shape index (κ3) is 7.61. The summed E-state index contributed by atoms with van der Waals surface area (Å²) < 4.78 is 44.8. The van der Waals surface area contributed by atoms with Crippen LogP contribution in [0.3, 0.4) is 0 Å². The Bertz CT molecular complexity index is 1370. The maximum absolute atomic E-state index is 10.6. The number of benzene rings is 2. The fourth-order valence-corrected chi connectivity index (χ4v) is 3.88. The molecule has 0 amide bonds. The van der Waals surface area contributed by atoms with E-state index in [1.165, 1.54) is 11.9 Å². The highest BCUT2D eigenvalue weighted by Gasteiger charge is 2.38. The third-order valence-electron chi connectivity index (χ3n) is 5.74. The topological polar surface area (TPSA) is 128 Å². The van der Waals surface area contributed by atoms with E-state index in [9.17, 15) is 13.2 Å². The molecule has 206 valence electrons. The van der Waals surface area contributed by atoms with Crippen molar-refractivity contribution < 1.29 is 32.5 Å². The number of para-hydroxylation sites is 1. The molecule has 1 aliphatic heterocycles. The maximum atomic E-state index is 10.6. The van der Waals surface area contributed by atoms with Crippen LogP contribution >= 0.6 is 0 Å². The molecular formula is C25H26F3N7O4. The molecule has 0 bridgehead atoms. The SMILES string of the molecule is COc1ccc(CN2CCOC(Cn3nnc4c(Nc5ccccc5)ncnc43)C2)cc1.O=C(O)C(F)(F)F. The van der Waals surface area contributed by atoms with Crippen molar-refractivity contribution in [1.82, 2.24) is 29.9 Å². The molecular weight excluding hydrogens is 519 g/mol. The van der Waals surface area contributed by atoms with Gasteiger partial charge in [0.05, 0.1) is 26.4 Å². The molecule has 1 aliphatic rings. The fourth-order valence-electron chi connectivity index (χ4n) is 3.88. The van der Waals surface area contributed by atoms with Gasteiger partial charge in [-0.25, -0.2) is 19.4 Å². The van der Waals surface area contributed by atoms with Gasteiger partial charge in [-0.3, -0.25) is 4.90 Å². The Morgan fingerprint density at radius 1 is 1.15 bits per heavy atom. The van der Waals surface area contributed by atoms with Gasteiger partial charge in [0.1, 0.15) is 12.1 Å². The van der Waals surface area contributed by atoms with E-state index in [1.807, 2.05) is 42.5 Å². The van der Waals surface area contributed by atoms with E-state index < -0.39 is 12.1 Å². The first-order chi connectivity index (χ1) is 18.7. The number of hydrogen-bond donors (Lipinski definition) is 2. The third-order valence-corrected chi connectivity index (χ3v) is 5.74. The summed E-state index contributed by atoms with van der Waals surface area (Å²) >= 11 is 0. The molecule has 1 fully saturated rings. The number of nitrogens with zero attached hydrogens (tertiary/aromatic N) is 6. The second kappa shape index (κ2) is 12.5. The summed E-state index contributed by atoms with van der Waals surface area (Å²) in [6.07, 6.45) is -3.54. The summed E-state index contributed by atoms with van der Waals surface area (Å²) in [6, 6.07) is 18.1. The molecule has 39 heavy (non-hydrogen) atoms. The van der Waals surface area contributed by atoms with Crippen molar-refractivity contribution in [1.29, 1.82) is 0 Å². The predicted molar refractivity (Wildman–Crippen MR) is 135 cm³/mol. The Morgan fingerprint density at radius 2 is 1.87 bits per heavy atom. The quantitative estimate of drug-likeness (QED) is 0.356. The highest BCUT2D eigenvalue weighted by atomic mass is 19.4. The van der Waals surface area contributed by atoms with Crippen molar-refractivity contribution in [3.8, 4) is 5.75 Å². The van der Waals surface area contributed by atoms with Crippen molar-refractivity contribution in [2.75, 3.05) is 32.1 Å². The lowest BCUT2D eigenvalue weighted by molar-refractivity contribution is -0.192. The van der Waals surface area contributed by atoms with Gasteiger partial charge < -0.3 is 19.9 Å². The zero-order valence-electron chi connectivity index (χ0n) is 20.9. The van der Waals surface area contributed by atoms with Crippen LogP contribution < -0.4 is 10.1 Å². The molecule has 0 spiro atoms. The van der Waals surface area contributed by atoms with Crippen LogP contribution in [0.25, 0.3) is 11.2 Å². The number of alkyl halides is 3. The van der Waals surface area contributed by atoms with Crippen LogP contribution in [-0.2, 0) is 22.6 Å². The van der Waals surface area contributed by atoms with Crippen LogP contribution in [0.15, 0.2) is 60.9 Å². The summed E-state index contributed by atoms with van der Waals surface area (Å²) in [5.74, 6) is -1.25. The number of morpholine rings is 1. The Labute approximate surface area is 221 Å². The fraction of sp³-hybridized carbons (Fsp3) is 0.320. The van der Waals surface area contributed by atoms with Crippen molar-refractivity contribution in [3.63, 3.8) is 0 Å². The molecule has 11 nitrogen and oxygen atoms in total. The number of rotatable bonds is 7. The van der Waals surface area contributed by atoms with Gasteiger partial charge in [0.15, 0.2) is 17.0 Å². The number of ether oxygens (including phenoxy) is 2. The van der Waals surface area contributed by atoms with Crippen LogP contribution in [0, 0.1) is 0 Å². The summed E-state index contributed by atoms with van der Waals surface area (Å²) in [5, 5.41) is 19.1. The number of fused-ring (bicyclic) bond motifs is 1. The van der Waals surface area contributed by atoms with Crippen molar-refractivity contribution in [3.05, 3.63) is 66.5 Å². The number of carboxylic acids is 1. The van der Waals surface area contributed by atoms with Gasteiger partial charge in [-0.1, -0.05) is 35.5 Å². The molecule has 4 aromatic rings. The minimum atomic E-state index is -5.08. The smallest absolute Gasteiger partial charge is 0.490 e. The minimum absolute atomic E-state index is 0.00685. The Kier molecular flexibility index (Phi) is 8.88. The molecule has 5 rings (SSSR count). The first-order valence-electron chi connectivity index (χ1n) is 11.9. The molecule has 2 N–H and O–H groups in total. The van der Waals surface area contributed by atoms with Crippen LogP contribution in [-0.4, -0.2) is 80.0 Å². The van der Waals surface area contributed by atoms with E-state index >= 15 is 0 Å². The highest BCUT2D eigenvalue weighted by molar-refractivity contribution is 5.84. The number of anilines is 2. The van der Waals surface area contributed by atoms with E-state index in [0.717, 1.165) is 31.1 Å². The number of aromatic nitrogens is 5. The van der Waals surface area contributed by atoms with Crippen molar-refractivity contribution in [2.45, 2.75) is 25.4 Å². The molecule has 0 aliphatic carbocycles. The average molecular weight is 546 g/mol. The monoisotopic (exact) mass is 545 g/mol. The van der Waals surface area contributed by atoms with Gasteiger partial charge >= 0.3 is 12.1 Å². The number of carboxylic acid groups (broad SMARTS) is 1. The number of carbonyl (C=O) groups is 1. The number of methoxy groups -OCH3 is 1. The van der Waals surface area contributed by atoms with Crippen molar-refractivity contribution in [2.24, 2.45) is 0 Å². The molecule has 1 atom stereocenters. The van der Waals surface area contributed by atoms with Crippen LogP contribution in [0.1, 0.15) is 5.56 Å². The van der Waals surface area contributed by atoms with Crippen molar-refractivity contribution >= 4 is 28.6 Å². The Morgan fingerprint density at radius 3 is 2.54 bits per heavy atom. The van der Waals surface area contributed by atoms with Gasteiger partial charge in [0, 0.05) is 25.3 Å².